The van der Waals surface area contributed by atoms with Gasteiger partial charge in [-0.05, 0) is 36.6 Å². The largest absolute Gasteiger partial charge is 0.368 e. The molecule has 0 spiro atoms. The molecule has 3 amide bonds. The molecule has 1 aliphatic carbocycles. The van der Waals surface area contributed by atoms with Gasteiger partial charge in [-0.25, -0.2) is 4.39 Å². The quantitative estimate of drug-likeness (QED) is 0.637. The molecule has 1 heterocycles. The van der Waals surface area contributed by atoms with Crippen LogP contribution < -0.4 is 11.1 Å². The predicted molar refractivity (Wildman–Crippen MR) is 131 cm³/mol. The zero-order valence-corrected chi connectivity index (χ0v) is 20.2. The molecule has 2 fully saturated rings. The fraction of sp³-hybridized carbons (Fsp3) is 0.423. The molecule has 3 N–H and O–H groups in total. The van der Waals surface area contributed by atoms with Crippen molar-refractivity contribution >= 4 is 29.3 Å². The number of nitrogens with one attached hydrogen (secondary N) is 1. The zero-order valence-electron chi connectivity index (χ0n) is 19.5. The molecule has 7 nitrogen and oxygen atoms in total. The van der Waals surface area contributed by atoms with E-state index in [4.69, 9.17) is 17.3 Å². The molecule has 35 heavy (non-hydrogen) atoms. The molecule has 2 aromatic carbocycles. The Balaban J connectivity index is 1.40. The fourth-order valence-corrected chi connectivity index (χ4v) is 5.32. The third kappa shape index (κ3) is 5.82. The Labute approximate surface area is 209 Å². The average molecular weight is 501 g/mol. The molecule has 0 aromatic heterocycles. The Hall–Kier alpha value is -2.97. The van der Waals surface area contributed by atoms with Crippen molar-refractivity contribution < 1.29 is 18.8 Å². The highest BCUT2D eigenvalue weighted by molar-refractivity contribution is 6.30. The van der Waals surface area contributed by atoms with Crippen LogP contribution in [-0.2, 0) is 9.59 Å². The molecule has 1 saturated heterocycles. The summed E-state index contributed by atoms with van der Waals surface area (Å²) in [5, 5.41) is 3.12. The van der Waals surface area contributed by atoms with Crippen molar-refractivity contribution in [3.8, 4) is 0 Å². The predicted octanol–water partition coefficient (Wildman–Crippen LogP) is 3.14. The first kappa shape index (κ1) is 25.1. The maximum absolute atomic E-state index is 14.2. The number of carbonyl (C=O) groups is 3. The molecular weight excluding hydrogens is 471 g/mol. The minimum Gasteiger partial charge on any atom is -0.368 e. The van der Waals surface area contributed by atoms with Gasteiger partial charge in [0.25, 0.3) is 5.91 Å². The first-order valence-electron chi connectivity index (χ1n) is 12.0. The van der Waals surface area contributed by atoms with E-state index in [0.717, 1.165) is 31.7 Å². The molecule has 4 rings (SSSR count). The van der Waals surface area contributed by atoms with Crippen LogP contribution in [0.3, 0.4) is 0 Å². The summed E-state index contributed by atoms with van der Waals surface area (Å²) in [7, 11) is 0. The zero-order chi connectivity index (χ0) is 24.9. The number of rotatable bonds is 6. The highest BCUT2D eigenvalue weighted by atomic mass is 35.5. The second-order valence-corrected chi connectivity index (χ2v) is 9.60. The smallest absolute Gasteiger partial charge is 0.256 e. The number of nitrogens with two attached hydrogens (primary N) is 1. The van der Waals surface area contributed by atoms with Crippen LogP contribution in [0.4, 0.5) is 4.39 Å². The highest BCUT2D eigenvalue weighted by Crippen LogP contribution is 2.30. The summed E-state index contributed by atoms with van der Waals surface area (Å²) in [6.45, 7) is 2.07. The third-order valence-corrected chi connectivity index (χ3v) is 7.24. The van der Waals surface area contributed by atoms with Gasteiger partial charge in [-0.1, -0.05) is 54.8 Å². The Morgan fingerprint density at radius 2 is 1.69 bits per heavy atom. The van der Waals surface area contributed by atoms with Crippen LogP contribution in [0.2, 0.25) is 5.02 Å². The van der Waals surface area contributed by atoms with Gasteiger partial charge in [-0.15, -0.1) is 0 Å². The van der Waals surface area contributed by atoms with Crippen molar-refractivity contribution in [1.29, 1.82) is 0 Å². The lowest BCUT2D eigenvalue weighted by atomic mass is 9.82. The van der Waals surface area contributed by atoms with E-state index in [1.807, 2.05) is 6.07 Å². The van der Waals surface area contributed by atoms with Gasteiger partial charge in [0.1, 0.15) is 11.9 Å². The van der Waals surface area contributed by atoms with Gasteiger partial charge in [0.05, 0.1) is 11.5 Å². The first-order valence-corrected chi connectivity index (χ1v) is 12.4. The van der Waals surface area contributed by atoms with Gasteiger partial charge in [-0.3, -0.25) is 19.3 Å². The lowest BCUT2D eigenvalue weighted by Crippen LogP contribution is -2.56. The van der Waals surface area contributed by atoms with Gasteiger partial charge < -0.3 is 16.0 Å². The van der Waals surface area contributed by atoms with Crippen LogP contribution >= 0.6 is 11.6 Å². The number of carbonyl (C=O) groups excluding carboxylic acids is 3. The average Bonchev–Trinajstić information content (AvgIpc) is 2.87. The Kier molecular flexibility index (Phi) is 8.03. The van der Waals surface area contributed by atoms with Crippen LogP contribution in [0.5, 0.6) is 0 Å². The summed E-state index contributed by atoms with van der Waals surface area (Å²) in [6, 6.07) is 12.2. The standard InChI is InChI=1S/C26H30ClFN4O3/c27-18-10-11-19(21(28)16-18)26(35)32-14-12-31(13-15-32)22-9-5-4-8-20(22)25(34)30-23(24(29)33)17-6-2-1-3-7-17/h1-3,6-7,10-11,16,20,22-23H,4-5,8-9,12-15H2,(H2,29,33)(H,30,34)/t20-,22-,23+/m1/s1. The minimum absolute atomic E-state index is 0.0103. The maximum Gasteiger partial charge on any atom is 0.256 e. The van der Waals surface area contributed by atoms with Crippen molar-refractivity contribution in [3.05, 3.63) is 70.5 Å². The SMILES string of the molecule is NC(=O)[C@@H](NC(=O)[C@@H]1CCCC[C@H]1N1CCN(C(=O)c2ccc(Cl)cc2F)CC1)c1ccccc1. The van der Waals surface area contributed by atoms with Gasteiger partial charge in [0.15, 0.2) is 0 Å². The highest BCUT2D eigenvalue weighted by Gasteiger charge is 2.38. The Bertz CT molecular complexity index is 1080. The van der Waals surface area contributed by atoms with Crippen molar-refractivity contribution in [2.75, 3.05) is 26.2 Å². The summed E-state index contributed by atoms with van der Waals surface area (Å²) < 4.78 is 14.2. The number of nitrogens with zero attached hydrogens (tertiary/aromatic N) is 2. The second-order valence-electron chi connectivity index (χ2n) is 9.17. The molecule has 0 bridgehead atoms. The van der Waals surface area contributed by atoms with Gasteiger partial charge in [0, 0.05) is 37.2 Å². The number of amides is 3. The van der Waals surface area contributed by atoms with E-state index in [-0.39, 0.29) is 34.4 Å². The normalized spacial score (nSPS) is 21.8. The number of piperazine rings is 1. The van der Waals surface area contributed by atoms with Crippen molar-refractivity contribution in [3.63, 3.8) is 0 Å². The number of halogens is 2. The topological polar surface area (TPSA) is 95.7 Å². The van der Waals surface area contributed by atoms with Crippen molar-refractivity contribution in [2.24, 2.45) is 11.7 Å². The van der Waals surface area contributed by atoms with Crippen molar-refractivity contribution in [1.82, 2.24) is 15.1 Å². The number of hydrogen-bond acceptors (Lipinski definition) is 4. The summed E-state index contributed by atoms with van der Waals surface area (Å²) in [5.74, 6) is -2.03. The molecule has 186 valence electrons. The van der Waals surface area contributed by atoms with E-state index in [9.17, 15) is 18.8 Å². The number of benzene rings is 2. The summed E-state index contributed by atoms with van der Waals surface area (Å²) in [4.78, 5) is 42.1. The van der Waals surface area contributed by atoms with E-state index in [1.165, 1.54) is 12.1 Å². The van der Waals surface area contributed by atoms with Crippen LogP contribution in [-0.4, -0.2) is 59.7 Å². The Morgan fingerprint density at radius 1 is 1.00 bits per heavy atom. The maximum atomic E-state index is 14.2. The van der Waals surface area contributed by atoms with E-state index in [2.05, 4.69) is 10.2 Å². The summed E-state index contributed by atoms with van der Waals surface area (Å²) in [6.07, 6.45) is 3.55. The second kappa shape index (κ2) is 11.2. The molecule has 0 unspecified atom stereocenters. The summed E-state index contributed by atoms with van der Waals surface area (Å²) in [5.41, 5.74) is 6.26. The molecule has 1 saturated carbocycles. The lowest BCUT2D eigenvalue weighted by molar-refractivity contribution is -0.133. The molecule has 9 heteroatoms. The number of primary amides is 1. The fourth-order valence-electron chi connectivity index (χ4n) is 5.16. The van der Waals surface area contributed by atoms with E-state index >= 15 is 0 Å². The lowest BCUT2D eigenvalue weighted by Gasteiger charge is -2.44. The van der Waals surface area contributed by atoms with E-state index < -0.39 is 17.8 Å². The van der Waals surface area contributed by atoms with Crippen LogP contribution in [0.15, 0.2) is 48.5 Å². The molecular formula is C26H30ClFN4O3. The van der Waals surface area contributed by atoms with Crippen LogP contribution in [0.25, 0.3) is 0 Å². The van der Waals surface area contributed by atoms with Crippen LogP contribution in [0.1, 0.15) is 47.6 Å². The third-order valence-electron chi connectivity index (χ3n) is 7.00. The van der Waals surface area contributed by atoms with E-state index in [0.29, 0.717) is 31.7 Å². The van der Waals surface area contributed by atoms with Gasteiger partial charge >= 0.3 is 0 Å². The molecule has 2 aliphatic rings. The molecule has 0 radical (unpaired) electrons. The molecule has 1 aliphatic heterocycles. The van der Waals surface area contributed by atoms with Gasteiger partial charge in [0.2, 0.25) is 11.8 Å². The molecule has 2 aromatic rings. The first-order chi connectivity index (χ1) is 16.8. The monoisotopic (exact) mass is 500 g/mol. The molecule has 3 atom stereocenters. The minimum atomic E-state index is -0.880. The van der Waals surface area contributed by atoms with Crippen molar-refractivity contribution in [2.45, 2.75) is 37.8 Å². The number of hydrogen-bond donors (Lipinski definition) is 2. The van der Waals surface area contributed by atoms with Gasteiger partial charge in [-0.2, -0.15) is 0 Å². The summed E-state index contributed by atoms with van der Waals surface area (Å²) >= 11 is 5.81. The van der Waals surface area contributed by atoms with Crippen LogP contribution in [0, 0.1) is 11.7 Å². The van der Waals surface area contributed by atoms with E-state index in [1.54, 1.807) is 29.2 Å². The Morgan fingerprint density at radius 3 is 2.34 bits per heavy atom.